The molecule has 0 bridgehead atoms. The minimum Gasteiger partial charge on any atom is -0.444 e. The Labute approximate surface area is 162 Å². The van der Waals surface area contributed by atoms with E-state index in [2.05, 4.69) is 39.4 Å². The van der Waals surface area contributed by atoms with Crippen LogP contribution in [0.5, 0.6) is 0 Å². The van der Waals surface area contributed by atoms with Crippen LogP contribution in [-0.4, -0.2) is 48.1 Å². The van der Waals surface area contributed by atoms with Crippen molar-refractivity contribution in [2.24, 2.45) is 4.99 Å². The van der Waals surface area contributed by atoms with Crippen LogP contribution in [0.3, 0.4) is 0 Å². The molecule has 0 aliphatic carbocycles. The van der Waals surface area contributed by atoms with Crippen molar-refractivity contribution in [3.63, 3.8) is 0 Å². The minimum absolute atomic E-state index is 0. The van der Waals surface area contributed by atoms with Crippen LogP contribution < -0.4 is 10.6 Å². The van der Waals surface area contributed by atoms with Crippen LogP contribution in [0.1, 0.15) is 50.5 Å². The fraction of sp³-hybridized carbons (Fsp3) is 0.765. The van der Waals surface area contributed by atoms with Crippen molar-refractivity contribution >= 4 is 29.9 Å². The van der Waals surface area contributed by atoms with E-state index in [0.717, 1.165) is 24.0 Å². The van der Waals surface area contributed by atoms with Gasteiger partial charge in [0, 0.05) is 25.7 Å². The lowest BCUT2D eigenvalue weighted by atomic mass is 10.1. The fourth-order valence-corrected chi connectivity index (χ4v) is 2.88. The number of likely N-dealkylation sites (tertiary alicyclic amines) is 1. The lowest BCUT2D eigenvalue weighted by Crippen LogP contribution is -2.48. The van der Waals surface area contributed by atoms with E-state index in [9.17, 15) is 0 Å². The molecule has 1 aliphatic heterocycles. The molecule has 0 radical (unpaired) electrons. The van der Waals surface area contributed by atoms with Crippen LogP contribution in [0.15, 0.2) is 9.41 Å². The molecule has 1 aromatic heterocycles. The summed E-state index contributed by atoms with van der Waals surface area (Å²) in [6.07, 6.45) is 3.57. The molecule has 1 fully saturated rings. The summed E-state index contributed by atoms with van der Waals surface area (Å²) in [5.41, 5.74) is 0.941. The molecule has 2 N–H and O–H groups in total. The van der Waals surface area contributed by atoms with Gasteiger partial charge in [0.1, 0.15) is 12.3 Å². The SMILES string of the molecule is CCCN1CCC(NC(=NCc2nc(C)c(C)o2)NCC)CC1.I. The van der Waals surface area contributed by atoms with Gasteiger partial charge < -0.3 is 20.0 Å². The van der Waals surface area contributed by atoms with Crippen LogP contribution >= 0.6 is 24.0 Å². The third-order valence-electron chi connectivity index (χ3n) is 4.26. The van der Waals surface area contributed by atoms with Crippen molar-refractivity contribution in [1.82, 2.24) is 20.5 Å². The van der Waals surface area contributed by atoms with Gasteiger partial charge in [-0.3, -0.25) is 0 Å². The number of nitrogens with one attached hydrogen (secondary N) is 2. The third kappa shape index (κ3) is 6.58. The molecule has 2 heterocycles. The first-order valence-electron chi connectivity index (χ1n) is 8.82. The summed E-state index contributed by atoms with van der Waals surface area (Å²) in [7, 11) is 0. The maximum Gasteiger partial charge on any atom is 0.216 e. The highest BCUT2D eigenvalue weighted by atomic mass is 127. The number of rotatable bonds is 6. The Bertz CT molecular complexity index is 490. The Morgan fingerprint density at radius 3 is 2.54 bits per heavy atom. The van der Waals surface area contributed by atoms with Crippen LogP contribution in [-0.2, 0) is 6.54 Å². The molecular weight excluding hydrogens is 417 g/mol. The predicted octanol–water partition coefficient (Wildman–Crippen LogP) is 2.84. The number of oxazole rings is 1. The first-order chi connectivity index (χ1) is 11.1. The van der Waals surface area contributed by atoms with E-state index in [-0.39, 0.29) is 24.0 Å². The second-order valence-electron chi connectivity index (χ2n) is 6.20. The average molecular weight is 449 g/mol. The van der Waals surface area contributed by atoms with Gasteiger partial charge in [0.15, 0.2) is 5.96 Å². The number of aromatic nitrogens is 1. The van der Waals surface area contributed by atoms with Gasteiger partial charge in [0.05, 0.1) is 5.69 Å². The Morgan fingerprint density at radius 2 is 2.00 bits per heavy atom. The number of piperidine rings is 1. The average Bonchev–Trinajstić information content (AvgIpc) is 2.86. The summed E-state index contributed by atoms with van der Waals surface area (Å²) in [5.74, 6) is 2.40. The lowest BCUT2D eigenvalue weighted by Gasteiger charge is -2.32. The third-order valence-corrected chi connectivity index (χ3v) is 4.26. The zero-order valence-electron chi connectivity index (χ0n) is 15.4. The lowest BCUT2D eigenvalue weighted by molar-refractivity contribution is 0.206. The van der Waals surface area contributed by atoms with E-state index in [1.54, 1.807) is 0 Å². The molecular formula is C17H32IN5O. The fourth-order valence-electron chi connectivity index (χ4n) is 2.88. The van der Waals surface area contributed by atoms with E-state index in [1.165, 1.54) is 38.9 Å². The second-order valence-corrected chi connectivity index (χ2v) is 6.20. The number of hydrogen-bond acceptors (Lipinski definition) is 4. The summed E-state index contributed by atoms with van der Waals surface area (Å²) in [6, 6.07) is 0.494. The Hall–Kier alpha value is -0.830. The summed E-state index contributed by atoms with van der Waals surface area (Å²) < 4.78 is 5.59. The molecule has 2 rings (SSSR count). The standard InChI is InChI=1S/C17H31N5O.HI/c1-5-9-22-10-7-15(8-11-22)21-17(18-6-2)19-12-16-20-13(3)14(4)23-16;/h15H,5-12H2,1-4H3,(H2,18,19,21);1H. The monoisotopic (exact) mass is 449 g/mol. The highest BCUT2D eigenvalue weighted by Gasteiger charge is 2.19. The maximum atomic E-state index is 5.59. The van der Waals surface area contributed by atoms with Crippen LogP contribution in [0.2, 0.25) is 0 Å². The van der Waals surface area contributed by atoms with Gasteiger partial charge in [0.25, 0.3) is 0 Å². The Kier molecular flexibility index (Phi) is 9.65. The number of nitrogens with zero attached hydrogens (tertiary/aromatic N) is 3. The summed E-state index contributed by atoms with van der Waals surface area (Å²) >= 11 is 0. The van der Waals surface area contributed by atoms with Crippen molar-refractivity contribution in [3.8, 4) is 0 Å². The van der Waals surface area contributed by atoms with Crippen molar-refractivity contribution in [2.75, 3.05) is 26.2 Å². The Balaban J connectivity index is 0.00000288. The van der Waals surface area contributed by atoms with Crippen molar-refractivity contribution in [3.05, 3.63) is 17.3 Å². The van der Waals surface area contributed by atoms with E-state index in [1.807, 2.05) is 13.8 Å². The molecule has 0 atom stereocenters. The summed E-state index contributed by atoms with van der Waals surface area (Å²) in [6.45, 7) is 13.1. The number of guanidine groups is 1. The summed E-state index contributed by atoms with van der Waals surface area (Å²) in [4.78, 5) is 11.5. The topological polar surface area (TPSA) is 65.7 Å². The zero-order chi connectivity index (χ0) is 16.7. The molecule has 138 valence electrons. The van der Waals surface area contributed by atoms with E-state index < -0.39 is 0 Å². The molecule has 0 spiro atoms. The number of hydrogen-bond donors (Lipinski definition) is 2. The highest BCUT2D eigenvalue weighted by molar-refractivity contribution is 14.0. The molecule has 24 heavy (non-hydrogen) atoms. The Morgan fingerprint density at radius 1 is 1.29 bits per heavy atom. The zero-order valence-corrected chi connectivity index (χ0v) is 17.7. The molecule has 1 aromatic rings. The number of aliphatic imine (C=N–C) groups is 1. The maximum absolute atomic E-state index is 5.59. The van der Waals surface area contributed by atoms with Crippen molar-refractivity contribution in [1.29, 1.82) is 0 Å². The minimum atomic E-state index is 0. The van der Waals surface area contributed by atoms with Gasteiger partial charge in [-0.25, -0.2) is 9.98 Å². The smallest absolute Gasteiger partial charge is 0.216 e. The van der Waals surface area contributed by atoms with Crippen LogP contribution in [0, 0.1) is 13.8 Å². The summed E-state index contributed by atoms with van der Waals surface area (Å²) in [5, 5.41) is 6.87. The number of aryl methyl sites for hydroxylation is 2. The molecule has 1 aliphatic rings. The molecule has 7 heteroatoms. The molecule has 0 saturated carbocycles. The van der Waals surface area contributed by atoms with Gasteiger partial charge in [-0.05, 0) is 46.6 Å². The van der Waals surface area contributed by atoms with E-state index in [4.69, 9.17) is 4.42 Å². The molecule has 0 aromatic carbocycles. The van der Waals surface area contributed by atoms with Gasteiger partial charge in [-0.1, -0.05) is 6.92 Å². The van der Waals surface area contributed by atoms with Crippen LogP contribution in [0.25, 0.3) is 0 Å². The van der Waals surface area contributed by atoms with Crippen molar-refractivity contribution in [2.45, 2.75) is 59.5 Å². The first kappa shape index (κ1) is 21.2. The second kappa shape index (κ2) is 10.9. The molecule has 1 saturated heterocycles. The van der Waals surface area contributed by atoms with Gasteiger partial charge in [-0.15, -0.1) is 24.0 Å². The first-order valence-corrected chi connectivity index (χ1v) is 8.82. The molecule has 0 amide bonds. The van der Waals surface area contributed by atoms with Gasteiger partial charge >= 0.3 is 0 Å². The molecule has 0 unspecified atom stereocenters. The number of halogens is 1. The van der Waals surface area contributed by atoms with E-state index in [0.29, 0.717) is 18.5 Å². The highest BCUT2D eigenvalue weighted by Crippen LogP contribution is 2.11. The normalized spacial score (nSPS) is 16.8. The van der Waals surface area contributed by atoms with Gasteiger partial charge in [0.2, 0.25) is 5.89 Å². The predicted molar refractivity (Wildman–Crippen MR) is 109 cm³/mol. The van der Waals surface area contributed by atoms with Crippen molar-refractivity contribution < 1.29 is 4.42 Å². The van der Waals surface area contributed by atoms with Crippen LogP contribution in [0.4, 0.5) is 0 Å². The quantitative estimate of drug-likeness (QED) is 0.397. The molecule has 6 nitrogen and oxygen atoms in total. The van der Waals surface area contributed by atoms with E-state index >= 15 is 0 Å². The van der Waals surface area contributed by atoms with Gasteiger partial charge in [-0.2, -0.15) is 0 Å². The largest absolute Gasteiger partial charge is 0.444 e.